The number of nitrogens with zero attached hydrogens (tertiary/aromatic N) is 3. The molecule has 19 heavy (non-hydrogen) atoms. The average molecular weight is 255 g/mol. The molecule has 1 aromatic heterocycles. The molecular weight excluding hydrogens is 242 g/mol. The Morgan fingerprint density at radius 2 is 2.00 bits per heavy atom. The molecule has 6 nitrogen and oxygen atoms in total. The molecule has 2 aromatic rings. The Morgan fingerprint density at radius 1 is 1.21 bits per heavy atom. The van der Waals surface area contributed by atoms with Gasteiger partial charge in [0.25, 0.3) is 5.91 Å². The van der Waals surface area contributed by atoms with E-state index in [4.69, 9.17) is 11.5 Å². The fourth-order valence-corrected chi connectivity index (χ4v) is 2.26. The minimum absolute atomic E-state index is 0.0447. The van der Waals surface area contributed by atoms with Crippen molar-refractivity contribution in [2.75, 3.05) is 18.5 Å². The summed E-state index contributed by atoms with van der Waals surface area (Å²) in [5, 5.41) is 0. The molecule has 1 aliphatic heterocycles. The van der Waals surface area contributed by atoms with Gasteiger partial charge in [0.05, 0.1) is 5.69 Å². The molecule has 4 N–H and O–H groups in total. The van der Waals surface area contributed by atoms with Crippen molar-refractivity contribution in [1.82, 2.24) is 14.9 Å². The maximum absolute atomic E-state index is 11.8. The number of hydrogen-bond donors (Lipinski definition) is 2. The van der Waals surface area contributed by atoms with Crippen LogP contribution < -0.4 is 11.5 Å². The quantitative estimate of drug-likeness (QED) is 0.788. The summed E-state index contributed by atoms with van der Waals surface area (Å²) in [6, 6.07) is 7.26. The normalized spacial score (nSPS) is 13.7. The Balaban J connectivity index is 2.08. The second-order valence-electron chi connectivity index (χ2n) is 4.57. The van der Waals surface area contributed by atoms with Gasteiger partial charge in [0.1, 0.15) is 5.82 Å². The monoisotopic (exact) mass is 255 g/mol. The molecule has 0 saturated carbocycles. The van der Waals surface area contributed by atoms with E-state index < -0.39 is 0 Å². The van der Waals surface area contributed by atoms with Crippen LogP contribution in [-0.4, -0.2) is 27.8 Å². The predicted molar refractivity (Wildman–Crippen MR) is 72.1 cm³/mol. The van der Waals surface area contributed by atoms with E-state index in [1.807, 2.05) is 18.2 Å². The number of anilines is 2. The van der Waals surface area contributed by atoms with Gasteiger partial charge in [0.2, 0.25) is 5.95 Å². The first-order valence-electron chi connectivity index (χ1n) is 5.83. The topological polar surface area (TPSA) is 98.1 Å². The van der Waals surface area contributed by atoms with Crippen molar-refractivity contribution in [3.8, 4) is 11.3 Å². The molecule has 1 aliphatic rings. The second kappa shape index (κ2) is 3.94. The molecule has 0 fully saturated rings. The molecule has 0 saturated heterocycles. The summed E-state index contributed by atoms with van der Waals surface area (Å²) in [5.41, 5.74) is 14.5. The van der Waals surface area contributed by atoms with Crippen molar-refractivity contribution in [2.24, 2.45) is 0 Å². The first-order valence-corrected chi connectivity index (χ1v) is 5.83. The lowest BCUT2D eigenvalue weighted by Gasteiger charge is -2.05. The van der Waals surface area contributed by atoms with Crippen LogP contribution in [0.25, 0.3) is 11.3 Å². The maximum atomic E-state index is 11.8. The fourth-order valence-electron chi connectivity index (χ4n) is 2.26. The van der Waals surface area contributed by atoms with Crippen molar-refractivity contribution in [3.63, 3.8) is 0 Å². The number of amides is 1. The van der Waals surface area contributed by atoms with Crippen LogP contribution in [0.1, 0.15) is 15.9 Å². The third-order valence-electron chi connectivity index (χ3n) is 3.15. The van der Waals surface area contributed by atoms with Crippen LogP contribution in [-0.2, 0) is 6.54 Å². The summed E-state index contributed by atoms with van der Waals surface area (Å²) in [5.74, 6) is 0.517. The van der Waals surface area contributed by atoms with Gasteiger partial charge in [0, 0.05) is 30.8 Å². The molecule has 1 amide bonds. The molecule has 0 radical (unpaired) electrons. The SMILES string of the molecule is CN1Cc2cc(-c3cc(N)nc(N)n3)ccc2C1=O. The zero-order valence-electron chi connectivity index (χ0n) is 10.4. The molecule has 96 valence electrons. The third-order valence-corrected chi connectivity index (χ3v) is 3.15. The minimum Gasteiger partial charge on any atom is -0.384 e. The van der Waals surface area contributed by atoms with Gasteiger partial charge < -0.3 is 16.4 Å². The Morgan fingerprint density at radius 3 is 2.74 bits per heavy atom. The molecule has 0 aliphatic carbocycles. The van der Waals surface area contributed by atoms with Gasteiger partial charge in [-0.2, -0.15) is 4.98 Å². The number of rotatable bonds is 1. The second-order valence-corrected chi connectivity index (χ2v) is 4.57. The highest BCUT2D eigenvalue weighted by Gasteiger charge is 2.24. The summed E-state index contributed by atoms with van der Waals surface area (Å²) < 4.78 is 0. The number of carbonyl (C=O) groups excluding carboxylic acids is 1. The van der Waals surface area contributed by atoms with Gasteiger partial charge in [-0.25, -0.2) is 4.98 Å². The Kier molecular flexibility index (Phi) is 2.38. The summed E-state index contributed by atoms with van der Waals surface area (Å²) in [6.07, 6.45) is 0. The third kappa shape index (κ3) is 1.87. The standard InChI is InChI=1S/C13H13N5O/c1-18-6-8-4-7(2-3-9(8)12(18)19)10-5-11(14)17-13(15)16-10/h2-5H,6H2,1H3,(H4,14,15,16,17). The van der Waals surface area contributed by atoms with E-state index in [0.717, 1.165) is 16.7 Å². The highest BCUT2D eigenvalue weighted by molar-refractivity contribution is 5.98. The first kappa shape index (κ1) is 11.5. The summed E-state index contributed by atoms with van der Waals surface area (Å²) in [6.45, 7) is 0.609. The molecule has 0 bridgehead atoms. The number of fused-ring (bicyclic) bond motifs is 1. The van der Waals surface area contributed by atoms with Gasteiger partial charge in [0.15, 0.2) is 0 Å². The smallest absolute Gasteiger partial charge is 0.254 e. The number of nitrogen functional groups attached to an aromatic ring is 2. The van der Waals surface area contributed by atoms with Crippen LogP contribution in [0, 0.1) is 0 Å². The van der Waals surface area contributed by atoms with E-state index in [2.05, 4.69) is 9.97 Å². The van der Waals surface area contributed by atoms with E-state index in [-0.39, 0.29) is 11.9 Å². The van der Waals surface area contributed by atoms with Crippen molar-refractivity contribution in [1.29, 1.82) is 0 Å². The van der Waals surface area contributed by atoms with Crippen molar-refractivity contribution in [3.05, 3.63) is 35.4 Å². The molecule has 0 unspecified atom stereocenters. The van der Waals surface area contributed by atoms with Crippen LogP contribution in [0.5, 0.6) is 0 Å². The van der Waals surface area contributed by atoms with E-state index in [1.165, 1.54) is 0 Å². The molecule has 0 spiro atoms. The van der Waals surface area contributed by atoms with E-state index in [0.29, 0.717) is 18.1 Å². The largest absolute Gasteiger partial charge is 0.384 e. The van der Waals surface area contributed by atoms with Crippen LogP contribution in [0.4, 0.5) is 11.8 Å². The van der Waals surface area contributed by atoms with Crippen LogP contribution in [0.2, 0.25) is 0 Å². The zero-order valence-corrected chi connectivity index (χ0v) is 10.4. The molecular formula is C13H13N5O. The minimum atomic E-state index is 0.0447. The van der Waals surface area contributed by atoms with Gasteiger partial charge in [-0.05, 0) is 17.7 Å². The lowest BCUT2D eigenvalue weighted by molar-refractivity contribution is 0.0816. The van der Waals surface area contributed by atoms with Crippen LogP contribution >= 0.6 is 0 Å². The molecule has 3 rings (SSSR count). The number of carbonyl (C=O) groups is 1. The fraction of sp³-hybridized carbons (Fsp3) is 0.154. The lowest BCUT2D eigenvalue weighted by Crippen LogP contribution is -2.17. The average Bonchev–Trinajstić information content (AvgIpc) is 2.63. The van der Waals surface area contributed by atoms with Crippen molar-refractivity contribution in [2.45, 2.75) is 6.54 Å². The van der Waals surface area contributed by atoms with Crippen LogP contribution in [0.15, 0.2) is 24.3 Å². The number of hydrogen-bond acceptors (Lipinski definition) is 5. The van der Waals surface area contributed by atoms with Gasteiger partial charge in [-0.3, -0.25) is 4.79 Å². The predicted octanol–water partition coefficient (Wildman–Crippen LogP) is 0.894. The zero-order chi connectivity index (χ0) is 13.6. The lowest BCUT2D eigenvalue weighted by atomic mass is 10.0. The van der Waals surface area contributed by atoms with Crippen LogP contribution in [0.3, 0.4) is 0 Å². The highest BCUT2D eigenvalue weighted by Crippen LogP contribution is 2.27. The molecule has 6 heteroatoms. The summed E-state index contributed by atoms with van der Waals surface area (Å²) in [4.78, 5) is 21.5. The van der Waals surface area contributed by atoms with Crippen molar-refractivity contribution < 1.29 is 4.79 Å². The van der Waals surface area contributed by atoms with Gasteiger partial charge >= 0.3 is 0 Å². The Hall–Kier alpha value is -2.63. The molecule has 0 atom stereocenters. The van der Waals surface area contributed by atoms with Crippen molar-refractivity contribution >= 4 is 17.7 Å². The Bertz CT molecular complexity index is 662. The summed E-state index contributed by atoms with van der Waals surface area (Å²) >= 11 is 0. The maximum Gasteiger partial charge on any atom is 0.254 e. The summed E-state index contributed by atoms with van der Waals surface area (Å²) in [7, 11) is 1.78. The van der Waals surface area contributed by atoms with E-state index in [9.17, 15) is 4.79 Å². The van der Waals surface area contributed by atoms with Gasteiger partial charge in [-0.1, -0.05) is 6.07 Å². The number of aromatic nitrogens is 2. The first-order chi connectivity index (χ1) is 9.04. The number of nitrogens with two attached hydrogens (primary N) is 2. The molecule has 1 aromatic carbocycles. The van der Waals surface area contributed by atoms with E-state index in [1.54, 1.807) is 18.0 Å². The van der Waals surface area contributed by atoms with Gasteiger partial charge in [-0.15, -0.1) is 0 Å². The highest BCUT2D eigenvalue weighted by atomic mass is 16.2. The number of benzene rings is 1. The molecule has 2 heterocycles. The van der Waals surface area contributed by atoms with E-state index >= 15 is 0 Å². The Labute approximate surface area is 110 Å².